The van der Waals surface area contributed by atoms with Crippen LogP contribution in [0.3, 0.4) is 0 Å². The summed E-state index contributed by atoms with van der Waals surface area (Å²) in [5.41, 5.74) is 3.33. The molecule has 13 heteroatoms. The van der Waals surface area contributed by atoms with Crippen LogP contribution in [0.15, 0.2) is 42.7 Å². The maximum Gasteiger partial charge on any atom is 0.463 e. The van der Waals surface area contributed by atoms with Crippen LogP contribution >= 0.6 is 11.3 Å². The molecule has 0 spiro atoms. The highest BCUT2D eigenvalue weighted by Gasteiger charge is 2.38. The Balaban J connectivity index is 1.99. The minimum atomic E-state index is -4.75. The Hall–Kier alpha value is -3.58. The topological polar surface area (TPSA) is 108 Å². The number of carbonyl (C=O) groups excluding carboxylic acids is 2. The van der Waals surface area contributed by atoms with Crippen molar-refractivity contribution >= 4 is 34.2 Å². The molecule has 234 valence electrons. The summed E-state index contributed by atoms with van der Waals surface area (Å²) in [7, 11) is 0. The third-order valence-corrected chi connectivity index (χ3v) is 8.00. The minimum Gasteiger partial charge on any atom is -0.316 e. The van der Waals surface area contributed by atoms with E-state index >= 15 is 4.39 Å². The Morgan fingerprint density at radius 1 is 1.07 bits per heavy atom. The Morgan fingerprint density at radius 3 is 2.40 bits per heavy atom. The number of amides is 1. The summed E-state index contributed by atoms with van der Waals surface area (Å²) >= 11 is 0.399. The molecule has 2 heterocycles. The lowest BCUT2D eigenvalue weighted by molar-refractivity contribution is -0.237. The van der Waals surface area contributed by atoms with Gasteiger partial charge in [0.05, 0.1) is 11.3 Å². The second kappa shape index (κ2) is 14.7. The van der Waals surface area contributed by atoms with Gasteiger partial charge in [-0.05, 0) is 55.5 Å². The second-order valence-electron chi connectivity index (χ2n) is 10.7. The molecule has 0 bridgehead atoms. The number of rotatable bonds is 12. The summed E-state index contributed by atoms with van der Waals surface area (Å²) in [6, 6.07) is 6.43. The highest BCUT2D eigenvalue weighted by atomic mass is 32.1. The van der Waals surface area contributed by atoms with Gasteiger partial charge in [-0.2, -0.15) is 17.6 Å². The molecule has 1 aromatic carbocycles. The quantitative estimate of drug-likeness (QED) is 0.0933. The highest BCUT2D eigenvalue weighted by Crippen LogP contribution is 2.40. The number of alkyl halides is 3. The predicted molar refractivity (Wildman–Crippen MR) is 156 cm³/mol. The van der Waals surface area contributed by atoms with Gasteiger partial charge < -0.3 is 5.73 Å². The summed E-state index contributed by atoms with van der Waals surface area (Å²) in [6.45, 7) is 6.76. The number of hydrogen-bond acceptors (Lipinski definition) is 8. The lowest BCUT2D eigenvalue weighted by Crippen LogP contribution is -2.51. The van der Waals surface area contributed by atoms with Gasteiger partial charge in [0, 0.05) is 18.0 Å². The fourth-order valence-corrected chi connectivity index (χ4v) is 4.91. The maximum atomic E-state index is 15.0. The number of aryl methyl sites for hydroxylation is 1. The molecule has 0 saturated heterocycles. The van der Waals surface area contributed by atoms with Crippen LogP contribution in [-0.4, -0.2) is 27.6 Å². The van der Waals surface area contributed by atoms with E-state index in [0.29, 0.717) is 22.7 Å². The molecule has 1 amide bonds. The van der Waals surface area contributed by atoms with Gasteiger partial charge in [-0.15, -0.1) is 0 Å². The standard InChI is InChI=1S/C30H36F4N4O4S/c1-5-6-7-8-9-10-12-20-14-15-22(17-23(20)30(32,33)34)38(28(40)42-41-26(39)29(4,35)19(2)3)27-37-24(25(31)43-27)21-13-11-16-36-18-21/h11,13-19H,5-10,12,35H2,1-4H3. The van der Waals surface area contributed by atoms with Crippen LogP contribution in [0.1, 0.15) is 77.3 Å². The van der Waals surface area contributed by atoms with Gasteiger partial charge in [-0.1, -0.05) is 70.3 Å². The van der Waals surface area contributed by atoms with Crippen LogP contribution in [0.2, 0.25) is 0 Å². The summed E-state index contributed by atoms with van der Waals surface area (Å²) in [5.74, 6) is -1.49. The van der Waals surface area contributed by atoms with Crippen LogP contribution in [0.25, 0.3) is 11.3 Å². The van der Waals surface area contributed by atoms with Crippen LogP contribution in [0.4, 0.5) is 33.2 Å². The molecule has 2 aromatic heterocycles. The average molecular weight is 625 g/mol. The van der Waals surface area contributed by atoms with E-state index in [9.17, 15) is 22.8 Å². The van der Waals surface area contributed by atoms with Crippen molar-refractivity contribution in [2.45, 2.75) is 84.4 Å². The first-order chi connectivity index (χ1) is 20.3. The molecule has 0 aliphatic heterocycles. The Kier molecular flexibility index (Phi) is 11.6. The number of thiazole rings is 1. The van der Waals surface area contributed by atoms with Crippen molar-refractivity contribution in [1.29, 1.82) is 0 Å². The van der Waals surface area contributed by atoms with E-state index in [1.807, 2.05) is 0 Å². The fraction of sp³-hybridized carbons (Fsp3) is 0.467. The number of nitrogens with two attached hydrogens (primary N) is 1. The molecule has 0 aliphatic rings. The third kappa shape index (κ3) is 8.73. The Bertz CT molecular complexity index is 1380. The number of anilines is 2. The molecular weight excluding hydrogens is 588 g/mol. The van der Waals surface area contributed by atoms with Crippen molar-refractivity contribution in [3.63, 3.8) is 0 Å². The van der Waals surface area contributed by atoms with Gasteiger partial charge in [0.25, 0.3) is 0 Å². The number of unbranched alkanes of at least 4 members (excludes halogenated alkanes) is 5. The molecule has 0 aliphatic carbocycles. The summed E-state index contributed by atoms with van der Waals surface area (Å²) in [5, 5.41) is -1.17. The average Bonchev–Trinajstić information content (AvgIpc) is 3.34. The van der Waals surface area contributed by atoms with Crippen molar-refractivity contribution in [3.8, 4) is 11.3 Å². The molecule has 0 saturated carbocycles. The predicted octanol–water partition coefficient (Wildman–Crippen LogP) is 8.37. The normalized spacial score (nSPS) is 13.1. The van der Waals surface area contributed by atoms with E-state index in [4.69, 9.17) is 10.6 Å². The molecule has 3 aromatic rings. The number of nitrogens with zero attached hydrogens (tertiary/aromatic N) is 3. The van der Waals surface area contributed by atoms with E-state index in [1.165, 1.54) is 37.5 Å². The lowest BCUT2D eigenvalue weighted by atomic mass is 9.90. The van der Waals surface area contributed by atoms with E-state index in [1.54, 1.807) is 19.9 Å². The van der Waals surface area contributed by atoms with Gasteiger partial charge in [0.15, 0.2) is 0 Å². The van der Waals surface area contributed by atoms with Gasteiger partial charge in [0.1, 0.15) is 11.2 Å². The van der Waals surface area contributed by atoms with Crippen molar-refractivity contribution < 1.29 is 36.9 Å². The van der Waals surface area contributed by atoms with Crippen molar-refractivity contribution in [2.75, 3.05) is 4.90 Å². The van der Waals surface area contributed by atoms with Crippen molar-refractivity contribution in [3.05, 3.63) is 59.0 Å². The Labute approximate surface area is 252 Å². The van der Waals surface area contributed by atoms with Gasteiger partial charge in [0.2, 0.25) is 10.3 Å². The van der Waals surface area contributed by atoms with E-state index < -0.39 is 40.4 Å². The summed E-state index contributed by atoms with van der Waals surface area (Å²) < 4.78 is 57.7. The number of pyridine rings is 1. The molecule has 0 fully saturated rings. The second-order valence-corrected chi connectivity index (χ2v) is 11.6. The summed E-state index contributed by atoms with van der Waals surface area (Å²) in [6.07, 6.45) is 2.28. The molecule has 2 N–H and O–H groups in total. The number of hydrogen-bond donors (Lipinski definition) is 1. The largest absolute Gasteiger partial charge is 0.463 e. The first kappa shape index (κ1) is 33.9. The minimum absolute atomic E-state index is 0.0590. The van der Waals surface area contributed by atoms with E-state index in [2.05, 4.69) is 21.8 Å². The van der Waals surface area contributed by atoms with Crippen LogP contribution < -0.4 is 10.6 Å². The first-order valence-corrected chi connectivity index (χ1v) is 14.9. The van der Waals surface area contributed by atoms with E-state index in [0.717, 1.165) is 38.2 Å². The summed E-state index contributed by atoms with van der Waals surface area (Å²) in [4.78, 5) is 43.9. The number of benzene rings is 1. The van der Waals surface area contributed by atoms with E-state index in [-0.39, 0.29) is 34.1 Å². The number of halogens is 4. The van der Waals surface area contributed by atoms with Gasteiger partial charge in [-0.3, -0.25) is 4.98 Å². The van der Waals surface area contributed by atoms with Crippen molar-refractivity contribution in [1.82, 2.24) is 9.97 Å². The monoisotopic (exact) mass is 624 g/mol. The zero-order valence-corrected chi connectivity index (χ0v) is 25.4. The Morgan fingerprint density at radius 2 is 1.77 bits per heavy atom. The number of carbonyl (C=O) groups is 2. The molecule has 1 unspecified atom stereocenters. The molecule has 43 heavy (non-hydrogen) atoms. The van der Waals surface area contributed by atoms with Crippen LogP contribution in [0.5, 0.6) is 0 Å². The lowest BCUT2D eigenvalue weighted by Gasteiger charge is -2.26. The SMILES string of the molecule is CCCCCCCCc1ccc(N(C(=O)OOC(=O)C(C)(N)C(C)C)c2nc(-c3cccnc3)c(F)s2)cc1C(F)(F)F. The van der Waals surface area contributed by atoms with Crippen LogP contribution in [0, 0.1) is 11.0 Å². The smallest absolute Gasteiger partial charge is 0.316 e. The zero-order valence-electron chi connectivity index (χ0n) is 24.5. The third-order valence-electron chi connectivity index (χ3n) is 7.17. The van der Waals surface area contributed by atoms with Crippen LogP contribution in [-0.2, 0) is 27.2 Å². The molecule has 0 radical (unpaired) electrons. The highest BCUT2D eigenvalue weighted by molar-refractivity contribution is 7.14. The molecule has 8 nitrogen and oxygen atoms in total. The number of aromatic nitrogens is 2. The van der Waals surface area contributed by atoms with Crippen molar-refractivity contribution in [2.24, 2.45) is 11.7 Å². The fourth-order valence-electron chi connectivity index (χ4n) is 4.08. The molecule has 1 atom stereocenters. The first-order valence-electron chi connectivity index (χ1n) is 14.1. The van der Waals surface area contributed by atoms with Gasteiger partial charge >= 0.3 is 18.2 Å². The zero-order chi connectivity index (χ0) is 31.8. The van der Waals surface area contributed by atoms with Gasteiger partial charge in [-0.25, -0.2) is 29.2 Å². The maximum absolute atomic E-state index is 15.0. The molecule has 3 rings (SSSR count). The molecular formula is C30H36F4N4O4S.